The SMILES string of the molecule is Cc1c(Br)cccc1O[C@H]1O[C@H](CO)[C@@H](O)[C@H](O)[C@]1(O)[C@@H]1O[C@H](CO)[C@@H](O)[C@H](O)[C@H]1O. The Morgan fingerprint density at radius 1 is 0.935 bits per heavy atom. The molecule has 2 aliphatic heterocycles. The third kappa shape index (κ3) is 4.23. The Labute approximate surface area is 186 Å². The Morgan fingerprint density at radius 3 is 2.16 bits per heavy atom. The summed E-state index contributed by atoms with van der Waals surface area (Å²) in [4.78, 5) is 0. The van der Waals surface area contributed by atoms with Crippen molar-refractivity contribution in [2.75, 3.05) is 13.2 Å². The first kappa shape index (κ1) is 24.7. The van der Waals surface area contributed by atoms with Crippen LogP contribution in [0.3, 0.4) is 0 Å². The molecule has 2 aliphatic rings. The predicted molar refractivity (Wildman–Crippen MR) is 106 cm³/mol. The minimum Gasteiger partial charge on any atom is -0.461 e. The molecule has 0 radical (unpaired) electrons. The van der Waals surface area contributed by atoms with Gasteiger partial charge in [0.05, 0.1) is 13.2 Å². The zero-order valence-electron chi connectivity index (χ0n) is 16.5. The molecule has 1 aromatic rings. The van der Waals surface area contributed by atoms with E-state index in [9.17, 15) is 40.9 Å². The molecular weight excluding hydrogens is 484 g/mol. The fraction of sp³-hybridized carbons (Fsp3) is 0.684. The minimum atomic E-state index is -2.69. The highest BCUT2D eigenvalue weighted by atomic mass is 79.9. The molecule has 0 aliphatic carbocycles. The van der Waals surface area contributed by atoms with Gasteiger partial charge in [0.2, 0.25) is 6.29 Å². The quantitative estimate of drug-likeness (QED) is 0.203. The van der Waals surface area contributed by atoms with E-state index < -0.39 is 73.9 Å². The van der Waals surface area contributed by atoms with Gasteiger partial charge < -0.3 is 55.1 Å². The summed E-state index contributed by atoms with van der Waals surface area (Å²) in [5.41, 5.74) is -2.09. The maximum absolute atomic E-state index is 11.5. The first-order valence-electron chi connectivity index (χ1n) is 9.65. The van der Waals surface area contributed by atoms with Crippen molar-refractivity contribution >= 4 is 15.9 Å². The number of rotatable bonds is 5. The van der Waals surface area contributed by atoms with E-state index >= 15 is 0 Å². The van der Waals surface area contributed by atoms with E-state index in [0.717, 1.165) is 0 Å². The Bertz CT molecular complexity index is 764. The van der Waals surface area contributed by atoms with Crippen LogP contribution in [0.4, 0.5) is 0 Å². The zero-order chi connectivity index (χ0) is 23.1. The summed E-state index contributed by atoms with van der Waals surface area (Å²) in [5.74, 6) is 0.211. The second kappa shape index (κ2) is 9.53. The average Bonchev–Trinajstić information content (AvgIpc) is 2.75. The number of hydrogen-bond acceptors (Lipinski definition) is 11. The van der Waals surface area contributed by atoms with Gasteiger partial charge in [0.1, 0.15) is 54.6 Å². The van der Waals surface area contributed by atoms with Gasteiger partial charge in [-0.05, 0) is 19.1 Å². The summed E-state index contributed by atoms with van der Waals surface area (Å²) in [5, 5.41) is 82.3. The number of aliphatic hydroxyl groups excluding tert-OH is 7. The molecule has 3 rings (SSSR count). The van der Waals surface area contributed by atoms with E-state index in [2.05, 4.69) is 15.9 Å². The summed E-state index contributed by atoms with van der Waals surface area (Å²) in [6.07, 6.45) is -15.8. The highest BCUT2D eigenvalue weighted by molar-refractivity contribution is 9.10. The van der Waals surface area contributed by atoms with Crippen molar-refractivity contribution in [2.24, 2.45) is 0 Å². The maximum Gasteiger partial charge on any atom is 0.234 e. The molecule has 31 heavy (non-hydrogen) atoms. The van der Waals surface area contributed by atoms with Crippen molar-refractivity contribution in [3.8, 4) is 5.75 Å². The second-order valence-electron chi connectivity index (χ2n) is 7.74. The summed E-state index contributed by atoms with van der Waals surface area (Å²) in [6, 6.07) is 4.92. The van der Waals surface area contributed by atoms with Crippen LogP contribution in [-0.4, -0.2) is 115 Å². The Hall–Kier alpha value is -0.900. The van der Waals surface area contributed by atoms with Gasteiger partial charge in [0.15, 0.2) is 5.60 Å². The maximum atomic E-state index is 11.5. The summed E-state index contributed by atoms with van der Waals surface area (Å²) < 4.78 is 17.4. The van der Waals surface area contributed by atoms with Crippen LogP contribution in [-0.2, 0) is 9.47 Å². The van der Waals surface area contributed by atoms with Crippen LogP contribution in [0.25, 0.3) is 0 Å². The molecule has 0 bridgehead atoms. The van der Waals surface area contributed by atoms with Crippen molar-refractivity contribution in [2.45, 2.75) is 67.6 Å². The lowest BCUT2D eigenvalue weighted by Gasteiger charge is -2.54. The van der Waals surface area contributed by atoms with Crippen LogP contribution in [0.5, 0.6) is 5.75 Å². The summed E-state index contributed by atoms with van der Waals surface area (Å²) in [6.45, 7) is 0.205. The van der Waals surface area contributed by atoms with Crippen LogP contribution in [0.15, 0.2) is 22.7 Å². The molecule has 12 heteroatoms. The van der Waals surface area contributed by atoms with E-state index in [1.165, 1.54) is 0 Å². The zero-order valence-corrected chi connectivity index (χ0v) is 18.1. The topological polar surface area (TPSA) is 190 Å². The molecule has 0 amide bonds. The molecule has 8 N–H and O–H groups in total. The standard InChI is InChI=1S/C19H27BrO11/c1-7-8(20)3-2-4-9(7)30-18-19(28,16(27)13(24)11(6-22)31-18)17-15(26)14(25)12(23)10(5-21)29-17/h2-4,10-18,21-28H,5-6H2,1H3/t10-,11-,12-,13-,14+,15-,16+,17-,18+,19+/m1/s1. The molecule has 10 atom stereocenters. The molecule has 2 heterocycles. The molecule has 2 fully saturated rings. The second-order valence-corrected chi connectivity index (χ2v) is 8.60. The Kier molecular flexibility index (Phi) is 7.61. The van der Waals surface area contributed by atoms with Crippen LogP contribution in [0.2, 0.25) is 0 Å². The third-order valence-corrected chi connectivity index (χ3v) is 6.69. The largest absolute Gasteiger partial charge is 0.461 e. The minimum absolute atomic E-state index is 0.211. The van der Waals surface area contributed by atoms with E-state index in [4.69, 9.17) is 14.2 Å². The Morgan fingerprint density at radius 2 is 1.55 bits per heavy atom. The smallest absolute Gasteiger partial charge is 0.234 e. The molecule has 0 unspecified atom stereocenters. The lowest BCUT2D eigenvalue weighted by molar-refractivity contribution is -0.372. The molecule has 2 saturated heterocycles. The summed E-state index contributed by atoms with van der Waals surface area (Å²) >= 11 is 3.34. The predicted octanol–water partition coefficient (Wildman–Crippen LogP) is -2.85. The summed E-state index contributed by atoms with van der Waals surface area (Å²) in [7, 11) is 0. The molecule has 0 aromatic heterocycles. The van der Waals surface area contributed by atoms with Gasteiger partial charge in [-0.15, -0.1) is 0 Å². The number of benzene rings is 1. The van der Waals surface area contributed by atoms with E-state index in [1.807, 2.05) is 0 Å². The van der Waals surface area contributed by atoms with Gasteiger partial charge in [-0.1, -0.05) is 22.0 Å². The highest BCUT2D eigenvalue weighted by Gasteiger charge is 2.65. The van der Waals surface area contributed by atoms with E-state index in [0.29, 0.717) is 10.0 Å². The van der Waals surface area contributed by atoms with Crippen molar-refractivity contribution in [3.05, 3.63) is 28.2 Å². The van der Waals surface area contributed by atoms with Crippen LogP contribution >= 0.6 is 15.9 Å². The van der Waals surface area contributed by atoms with Crippen molar-refractivity contribution < 1.29 is 55.1 Å². The molecule has 11 nitrogen and oxygen atoms in total. The first-order chi connectivity index (χ1) is 14.6. The van der Waals surface area contributed by atoms with Gasteiger partial charge in [-0.25, -0.2) is 0 Å². The van der Waals surface area contributed by atoms with Gasteiger partial charge in [0, 0.05) is 10.0 Å². The van der Waals surface area contributed by atoms with Gasteiger partial charge in [0.25, 0.3) is 0 Å². The number of aliphatic hydroxyl groups is 8. The molecule has 0 saturated carbocycles. The van der Waals surface area contributed by atoms with Gasteiger partial charge in [-0.2, -0.15) is 0 Å². The fourth-order valence-electron chi connectivity index (χ4n) is 3.85. The number of hydrogen-bond donors (Lipinski definition) is 8. The number of ether oxygens (including phenoxy) is 3. The normalized spacial score (nSPS) is 43.6. The molecule has 176 valence electrons. The van der Waals surface area contributed by atoms with Crippen LogP contribution in [0.1, 0.15) is 5.56 Å². The van der Waals surface area contributed by atoms with Crippen molar-refractivity contribution in [1.29, 1.82) is 0 Å². The molecule has 1 aromatic carbocycles. The monoisotopic (exact) mass is 510 g/mol. The fourth-order valence-corrected chi connectivity index (χ4v) is 4.20. The average molecular weight is 511 g/mol. The van der Waals surface area contributed by atoms with Gasteiger partial charge >= 0.3 is 0 Å². The van der Waals surface area contributed by atoms with Crippen molar-refractivity contribution in [1.82, 2.24) is 0 Å². The van der Waals surface area contributed by atoms with E-state index in [1.54, 1.807) is 25.1 Å². The Balaban J connectivity index is 2.04. The van der Waals surface area contributed by atoms with Crippen LogP contribution in [0, 0.1) is 6.92 Å². The highest BCUT2D eigenvalue weighted by Crippen LogP contribution is 2.40. The lowest BCUT2D eigenvalue weighted by Crippen LogP contribution is -2.77. The van der Waals surface area contributed by atoms with Gasteiger partial charge in [-0.3, -0.25) is 0 Å². The lowest BCUT2D eigenvalue weighted by atomic mass is 9.76. The molecule has 0 spiro atoms. The molecular formula is C19H27BrO11. The third-order valence-electron chi connectivity index (χ3n) is 5.83. The number of halogens is 1. The van der Waals surface area contributed by atoms with E-state index in [-0.39, 0.29) is 5.75 Å². The van der Waals surface area contributed by atoms with Crippen LogP contribution < -0.4 is 4.74 Å². The van der Waals surface area contributed by atoms with Crippen molar-refractivity contribution in [3.63, 3.8) is 0 Å². The first-order valence-corrected chi connectivity index (χ1v) is 10.4.